The molecule has 1 atom stereocenters. The first kappa shape index (κ1) is 25.6. The Balaban J connectivity index is 2.49. The molecule has 0 aliphatic rings. The molecular weight excluding hydrogens is 376 g/mol. The van der Waals surface area contributed by atoms with Crippen molar-refractivity contribution < 1.29 is 14.0 Å². The van der Waals surface area contributed by atoms with E-state index in [4.69, 9.17) is 9.16 Å². The molecule has 0 heterocycles. The monoisotopic (exact) mass is 418 g/mol. The predicted octanol–water partition coefficient (Wildman–Crippen LogP) is 7.14. The first-order chi connectivity index (χ1) is 13.5. The molecule has 0 fully saturated rings. The summed E-state index contributed by atoms with van der Waals surface area (Å²) in [6.45, 7) is 17.0. The molecule has 0 aromatic heterocycles. The molecule has 1 rings (SSSR count). The van der Waals surface area contributed by atoms with Gasteiger partial charge in [-0.3, -0.25) is 0 Å². The molecule has 0 saturated heterocycles. The van der Waals surface area contributed by atoms with Crippen LogP contribution in [-0.2, 0) is 20.6 Å². The third-order valence-electron chi connectivity index (χ3n) is 5.83. The van der Waals surface area contributed by atoms with Crippen LogP contribution in [0.2, 0.25) is 18.1 Å². The predicted molar refractivity (Wildman–Crippen MR) is 125 cm³/mol. The third kappa shape index (κ3) is 10.8. The summed E-state index contributed by atoms with van der Waals surface area (Å²) in [5.74, 6) is 0.796. The summed E-state index contributed by atoms with van der Waals surface area (Å²) in [4.78, 5) is 12.1. The lowest BCUT2D eigenvalue weighted by Gasteiger charge is -2.36. The molecule has 3 nitrogen and oxygen atoms in total. The fraction of sp³-hybridized carbons (Fsp3) is 0.640. The maximum absolute atomic E-state index is 12.1. The molecule has 4 heteroatoms. The normalized spacial score (nSPS) is 13.8. The number of carbonyl (C=O) groups excluding carboxylic acids is 1. The molecule has 0 amide bonds. The van der Waals surface area contributed by atoms with Gasteiger partial charge in [0, 0.05) is 12.7 Å². The van der Waals surface area contributed by atoms with Crippen molar-refractivity contribution in [1.82, 2.24) is 0 Å². The van der Waals surface area contributed by atoms with Gasteiger partial charge in [-0.15, -0.1) is 0 Å². The molecule has 0 bridgehead atoms. The fourth-order valence-electron chi connectivity index (χ4n) is 2.77. The second-order valence-corrected chi connectivity index (χ2v) is 14.7. The van der Waals surface area contributed by atoms with Crippen molar-refractivity contribution in [1.29, 1.82) is 0 Å². The Morgan fingerprint density at radius 1 is 1.07 bits per heavy atom. The Kier molecular flexibility index (Phi) is 10.9. The molecule has 1 aromatic carbocycles. The number of hydrogen-bond acceptors (Lipinski definition) is 3. The van der Waals surface area contributed by atoms with Gasteiger partial charge in [0.15, 0.2) is 8.32 Å². The van der Waals surface area contributed by atoms with Crippen molar-refractivity contribution in [3.05, 3.63) is 48.0 Å². The van der Waals surface area contributed by atoms with Crippen molar-refractivity contribution >= 4 is 14.3 Å². The molecule has 0 unspecified atom stereocenters. The van der Waals surface area contributed by atoms with Crippen LogP contribution >= 0.6 is 0 Å². The van der Waals surface area contributed by atoms with E-state index in [9.17, 15) is 4.79 Å². The SMILES string of the molecule is CC(C)CC[C@H](C=CC(=O)OCc1ccccc1)CCCO[Si](C)(C)C(C)(C)C. The lowest BCUT2D eigenvalue weighted by Crippen LogP contribution is -2.41. The summed E-state index contributed by atoms with van der Waals surface area (Å²) >= 11 is 0. The fourth-order valence-corrected chi connectivity index (χ4v) is 3.85. The first-order valence-electron chi connectivity index (χ1n) is 11.0. The summed E-state index contributed by atoms with van der Waals surface area (Å²) in [5, 5.41) is 0.243. The van der Waals surface area contributed by atoms with Gasteiger partial charge in [0.2, 0.25) is 0 Å². The van der Waals surface area contributed by atoms with E-state index >= 15 is 0 Å². The number of esters is 1. The van der Waals surface area contributed by atoms with Crippen molar-refractivity contribution in [3.8, 4) is 0 Å². The lowest BCUT2D eigenvalue weighted by atomic mass is 9.93. The molecule has 29 heavy (non-hydrogen) atoms. The minimum atomic E-state index is -1.68. The van der Waals surface area contributed by atoms with E-state index in [2.05, 4.69) is 47.7 Å². The van der Waals surface area contributed by atoms with E-state index in [1.165, 1.54) is 0 Å². The van der Waals surface area contributed by atoms with Gasteiger partial charge in [-0.1, -0.05) is 77.4 Å². The van der Waals surface area contributed by atoms with Gasteiger partial charge < -0.3 is 9.16 Å². The van der Waals surface area contributed by atoms with Crippen molar-refractivity contribution in [2.24, 2.45) is 11.8 Å². The second-order valence-electron chi connectivity index (χ2n) is 9.93. The van der Waals surface area contributed by atoms with E-state index < -0.39 is 8.32 Å². The van der Waals surface area contributed by atoms with Crippen LogP contribution in [0.4, 0.5) is 0 Å². The van der Waals surface area contributed by atoms with E-state index in [0.717, 1.165) is 37.9 Å². The van der Waals surface area contributed by atoms with Crippen LogP contribution in [0.1, 0.15) is 65.9 Å². The quantitative estimate of drug-likeness (QED) is 0.157. The maximum Gasteiger partial charge on any atom is 0.330 e. The highest BCUT2D eigenvalue weighted by atomic mass is 28.4. The van der Waals surface area contributed by atoms with Crippen LogP contribution in [0.3, 0.4) is 0 Å². The summed E-state index contributed by atoms with van der Waals surface area (Å²) in [7, 11) is -1.68. The molecule has 0 spiro atoms. The Hall–Kier alpha value is -1.39. The Labute approximate surface area is 180 Å². The highest BCUT2D eigenvalue weighted by Crippen LogP contribution is 2.36. The van der Waals surface area contributed by atoms with Crippen LogP contribution in [0.5, 0.6) is 0 Å². The summed E-state index contributed by atoms with van der Waals surface area (Å²) in [6, 6.07) is 9.79. The highest BCUT2D eigenvalue weighted by molar-refractivity contribution is 6.74. The minimum absolute atomic E-state index is 0.243. The molecule has 0 N–H and O–H groups in total. The second kappa shape index (κ2) is 12.3. The number of carbonyl (C=O) groups is 1. The van der Waals surface area contributed by atoms with E-state index in [-0.39, 0.29) is 11.0 Å². The average molecular weight is 419 g/mol. The highest BCUT2D eigenvalue weighted by Gasteiger charge is 2.36. The molecule has 0 aliphatic carbocycles. The number of allylic oxidation sites excluding steroid dienone is 1. The van der Waals surface area contributed by atoms with Gasteiger partial charge in [0.05, 0.1) is 0 Å². The molecule has 1 aromatic rings. The summed E-state index contributed by atoms with van der Waals surface area (Å²) < 4.78 is 11.7. The zero-order valence-electron chi connectivity index (χ0n) is 19.7. The smallest absolute Gasteiger partial charge is 0.330 e. The Morgan fingerprint density at radius 2 is 1.72 bits per heavy atom. The van der Waals surface area contributed by atoms with Crippen LogP contribution < -0.4 is 0 Å². The van der Waals surface area contributed by atoms with E-state index in [1.54, 1.807) is 6.08 Å². The van der Waals surface area contributed by atoms with E-state index in [0.29, 0.717) is 18.4 Å². The van der Waals surface area contributed by atoms with Crippen LogP contribution in [0.15, 0.2) is 42.5 Å². The molecule has 0 radical (unpaired) electrons. The first-order valence-corrected chi connectivity index (χ1v) is 13.9. The van der Waals surface area contributed by atoms with Crippen LogP contribution in [0, 0.1) is 11.8 Å². The molecule has 164 valence electrons. The largest absolute Gasteiger partial charge is 0.458 e. The van der Waals surface area contributed by atoms with Gasteiger partial charge >= 0.3 is 5.97 Å². The zero-order valence-corrected chi connectivity index (χ0v) is 20.7. The zero-order chi connectivity index (χ0) is 21.9. The van der Waals surface area contributed by atoms with Crippen molar-refractivity contribution in [3.63, 3.8) is 0 Å². The minimum Gasteiger partial charge on any atom is -0.458 e. The summed E-state index contributed by atoms with van der Waals surface area (Å²) in [5.41, 5.74) is 1.01. The summed E-state index contributed by atoms with van der Waals surface area (Å²) in [6.07, 6.45) is 7.99. The van der Waals surface area contributed by atoms with Gasteiger partial charge in [-0.05, 0) is 54.8 Å². The maximum atomic E-state index is 12.1. The molecule has 0 aliphatic heterocycles. The average Bonchev–Trinajstić information content (AvgIpc) is 2.64. The van der Waals surface area contributed by atoms with Crippen LogP contribution in [-0.4, -0.2) is 20.9 Å². The number of hydrogen-bond donors (Lipinski definition) is 0. The molecule has 0 saturated carbocycles. The van der Waals surface area contributed by atoms with Gasteiger partial charge in [0.25, 0.3) is 0 Å². The number of rotatable bonds is 12. The van der Waals surface area contributed by atoms with Gasteiger partial charge in [0.1, 0.15) is 6.61 Å². The van der Waals surface area contributed by atoms with E-state index in [1.807, 2.05) is 36.4 Å². The Morgan fingerprint density at radius 3 is 2.31 bits per heavy atom. The van der Waals surface area contributed by atoms with Gasteiger partial charge in [-0.2, -0.15) is 0 Å². The van der Waals surface area contributed by atoms with Crippen molar-refractivity contribution in [2.75, 3.05) is 6.61 Å². The number of benzene rings is 1. The van der Waals surface area contributed by atoms with Crippen LogP contribution in [0.25, 0.3) is 0 Å². The van der Waals surface area contributed by atoms with Crippen molar-refractivity contribution in [2.45, 2.75) is 85.0 Å². The third-order valence-corrected chi connectivity index (χ3v) is 10.4. The standard InChI is InChI=1S/C25H42O3Si/c1-21(2)15-16-22(14-11-19-28-29(6,7)25(3,4)5)17-18-24(26)27-20-23-12-9-8-10-13-23/h8-10,12-13,17-18,21-22H,11,14-16,19-20H2,1-7H3/t22-/m1/s1. The van der Waals surface area contributed by atoms with Gasteiger partial charge in [-0.25, -0.2) is 4.79 Å². The molecular formula is C25H42O3Si. The topological polar surface area (TPSA) is 35.5 Å². The Bertz CT molecular complexity index is 615. The number of ether oxygens (including phenoxy) is 1. The lowest BCUT2D eigenvalue weighted by molar-refractivity contribution is -0.139.